The van der Waals surface area contributed by atoms with Crippen molar-refractivity contribution in [3.8, 4) is 11.5 Å². The molecule has 1 N–H and O–H groups in total. The van der Waals surface area contributed by atoms with Crippen LogP contribution < -0.4 is 5.32 Å². The van der Waals surface area contributed by atoms with Crippen LogP contribution in [0.4, 0.5) is 0 Å². The summed E-state index contributed by atoms with van der Waals surface area (Å²) in [6, 6.07) is 7.17. The minimum absolute atomic E-state index is 0. The van der Waals surface area contributed by atoms with Crippen LogP contribution in [0.25, 0.3) is 11.5 Å². The van der Waals surface area contributed by atoms with Gasteiger partial charge in [-0.1, -0.05) is 115 Å². The number of hydrogen-bond donors (Lipinski definition) is 1. The van der Waals surface area contributed by atoms with Gasteiger partial charge in [-0.25, -0.2) is 10.2 Å². The molecule has 172 valence electrons. The monoisotopic (exact) mass is 596 g/mol. The smallest absolute Gasteiger partial charge is 0.251 e. The molecule has 0 fully saturated rings. The Hall–Kier alpha value is -1.48. The van der Waals surface area contributed by atoms with E-state index in [0.29, 0.717) is 11.5 Å². The Morgan fingerprint density at radius 1 is 0.839 bits per heavy atom. The van der Waals surface area contributed by atoms with Crippen molar-refractivity contribution in [2.45, 2.75) is 96.8 Å². The van der Waals surface area contributed by atoms with E-state index in [1.54, 1.807) is 12.1 Å². The number of hydrogen-bond acceptors (Lipinski definition) is 4. The third-order valence-electron chi connectivity index (χ3n) is 5.53. The summed E-state index contributed by atoms with van der Waals surface area (Å²) in [5.41, 5.74) is 1.43. The molecule has 0 spiro atoms. The van der Waals surface area contributed by atoms with E-state index in [2.05, 4.69) is 28.8 Å². The van der Waals surface area contributed by atoms with E-state index in [0.717, 1.165) is 18.5 Å². The molecule has 31 heavy (non-hydrogen) atoms. The Balaban J connectivity index is 0.00000480. The van der Waals surface area contributed by atoms with Crippen molar-refractivity contribution >= 4 is 5.91 Å². The van der Waals surface area contributed by atoms with Crippen molar-refractivity contribution in [2.24, 2.45) is 0 Å². The molecule has 0 aliphatic heterocycles. The summed E-state index contributed by atoms with van der Waals surface area (Å²) in [5.74, 6) is 0.373. The van der Waals surface area contributed by atoms with Crippen LogP contribution in [0, 0.1) is 6.39 Å². The van der Waals surface area contributed by atoms with Gasteiger partial charge in [-0.05, 0) is 12.0 Å². The molecule has 0 atom stereocenters. The Bertz CT molecular complexity index is 675. The van der Waals surface area contributed by atoms with Crippen molar-refractivity contribution in [1.29, 1.82) is 0 Å². The van der Waals surface area contributed by atoms with E-state index in [4.69, 9.17) is 4.42 Å². The molecule has 0 aliphatic carbocycles. The van der Waals surface area contributed by atoms with Gasteiger partial charge in [-0.3, -0.25) is 4.79 Å². The summed E-state index contributed by atoms with van der Waals surface area (Å²) >= 11 is 0. The molecule has 0 saturated heterocycles. The van der Waals surface area contributed by atoms with E-state index in [-0.39, 0.29) is 27.0 Å². The zero-order chi connectivity index (χ0) is 21.3. The SMILES string of the molecule is CCCCCCCCCCCCCCCCNC(=O)c1ccc(-c2nn[c-]o2)cc1.[W]. The van der Waals surface area contributed by atoms with Gasteiger partial charge in [0.1, 0.15) is 0 Å². The zero-order valence-corrected chi connectivity index (χ0v) is 22.0. The second kappa shape index (κ2) is 18.1. The van der Waals surface area contributed by atoms with E-state index < -0.39 is 0 Å². The summed E-state index contributed by atoms with van der Waals surface area (Å²) < 4.78 is 5.03. The summed E-state index contributed by atoms with van der Waals surface area (Å²) in [6.07, 6.45) is 21.1. The van der Waals surface area contributed by atoms with Gasteiger partial charge in [0, 0.05) is 33.2 Å². The Labute approximate surface area is 202 Å². The van der Waals surface area contributed by atoms with Crippen LogP contribution in [0.1, 0.15) is 107 Å². The van der Waals surface area contributed by atoms with E-state index in [1.807, 2.05) is 12.1 Å². The first-order valence-corrected chi connectivity index (χ1v) is 11.9. The third-order valence-corrected chi connectivity index (χ3v) is 5.53. The molecular formula is C25H38N3O2W-. The molecule has 1 heterocycles. The summed E-state index contributed by atoms with van der Waals surface area (Å²) in [7, 11) is 0. The molecule has 0 radical (unpaired) electrons. The summed E-state index contributed by atoms with van der Waals surface area (Å²) in [5, 5.41) is 10.3. The van der Waals surface area contributed by atoms with Crippen molar-refractivity contribution in [3.05, 3.63) is 36.2 Å². The van der Waals surface area contributed by atoms with Crippen molar-refractivity contribution in [1.82, 2.24) is 15.5 Å². The van der Waals surface area contributed by atoms with Gasteiger partial charge in [0.15, 0.2) is 0 Å². The normalized spacial score (nSPS) is 10.6. The van der Waals surface area contributed by atoms with E-state index in [1.165, 1.54) is 83.5 Å². The van der Waals surface area contributed by atoms with Crippen LogP contribution >= 0.6 is 0 Å². The minimum atomic E-state index is -0.0339. The van der Waals surface area contributed by atoms with Crippen molar-refractivity contribution in [2.75, 3.05) is 6.54 Å². The number of unbranched alkanes of at least 4 members (excludes halogenated alkanes) is 13. The first kappa shape index (κ1) is 27.6. The number of carbonyl (C=O) groups is 1. The van der Waals surface area contributed by atoms with Gasteiger partial charge in [-0.15, -0.1) is 0 Å². The number of nitrogens with zero attached hydrogens (tertiary/aromatic N) is 2. The minimum Gasteiger partial charge on any atom is -0.609 e. The predicted molar refractivity (Wildman–Crippen MR) is 121 cm³/mol. The second-order valence-corrected chi connectivity index (χ2v) is 8.13. The average molecular weight is 596 g/mol. The molecule has 0 bridgehead atoms. The first-order valence-electron chi connectivity index (χ1n) is 11.9. The third kappa shape index (κ3) is 12.2. The van der Waals surface area contributed by atoms with E-state index >= 15 is 0 Å². The molecule has 5 nitrogen and oxygen atoms in total. The fraction of sp³-hybridized carbons (Fsp3) is 0.640. The number of nitrogens with one attached hydrogen (secondary N) is 1. The summed E-state index contributed by atoms with van der Waals surface area (Å²) in [4.78, 5) is 12.2. The molecular weight excluding hydrogens is 558 g/mol. The Kier molecular flexibility index (Phi) is 16.1. The van der Waals surface area contributed by atoms with Crippen LogP contribution in [0.2, 0.25) is 0 Å². The van der Waals surface area contributed by atoms with Crippen molar-refractivity contribution in [3.63, 3.8) is 0 Å². The standard InChI is InChI=1S/C25H38N3O2.W/c1-2-3-4-5-6-7-8-9-10-11-12-13-14-15-20-26-24(29)22-16-18-23(19-17-22)25-28-27-21-30-25;/h16-19H,2-15,20H2,1H3,(H,26,29);/q-1;. The number of amides is 1. The average Bonchev–Trinajstić information content (AvgIpc) is 3.31. The van der Waals surface area contributed by atoms with Crippen LogP contribution in [0.3, 0.4) is 0 Å². The molecule has 1 amide bonds. The van der Waals surface area contributed by atoms with Gasteiger partial charge in [0.05, 0.1) is 12.3 Å². The number of carbonyl (C=O) groups excluding carboxylic acids is 1. The van der Waals surface area contributed by atoms with Gasteiger partial charge < -0.3 is 9.73 Å². The molecule has 0 saturated carbocycles. The van der Waals surface area contributed by atoms with Crippen LogP contribution in [-0.2, 0) is 21.1 Å². The number of benzene rings is 1. The van der Waals surface area contributed by atoms with Gasteiger partial charge in [-0.2, -0.15) is 0 Å². The molecule has 0 aliphatic rings. The topological polar surface area (TPSA) is 68.0 Å². The Morgan fingerprint density at radius 3 is 1.84 bits per heavy atom. The van der Waals surface area contributed by atoms with Gasteiger partial charge in [0.2, 0.25) is 0 Å². The fourth-order valence-corrected chi connectivity index (χ4v) is 3.65. The molecule has 1 aromatic carbocycles. The van der Waals surface area contributed by atoms with Gasteiger partial charge >= 0.3 is 0 Å². The van der Waals surface area contributed by atoms with Crippen LogP contribution in [0.15, 0.2) is 28.7 Å². The number of rotatable bonds is 17. The largest absolute Gasteiger partial charge is 0.609 e. The first-order chi connectivity index (χ1) is 14.8. The van der Waals surface area contributed by atoms with Crippen LogP contribution in [0.5, 0.6) is 0 Å². The van der Waals surface area contributed by atoms with Crippen LogP contribution in [-0.4, -0.2) is 22.6 Å². The maximum absolute atomic E-state index is 12.2. The Morgan fingerprint density at radius 2 is 1.35 bits per heavy atom. The fourth-order valence-electron chi connectivity index (χ4n) is 3.65. The van der Waals surface area contributed by atoms with E-state index in [9.17, 15) is 4.79 Å². The van der Waals surface area contributed by atoms with Crippen molar-refractivity contribution < 1.29 is 30.3 Å². The molecule has 0 unspecified atom stereocenters. The maximum Gasteiger partial charge on any atom is 0.251 e. The van der Waals surface area contributed by atoms with Gasteiger partial charge in [0.25, 0.3) is 5.91 Å². The quantitative estimate of drug-likeness (QED) is 0.162. The zero-order valence-electron chi connectivity index (χ0n) is 19.0. The summed E-state index contributed by atoms with van der Waals surface area (Å²) in [6.45, 7) is 3.01. The molecule has 2 rings (SSSR count). The molecule has 6 heteroatoms. The predicted octanol–water partition coefficient (Wildman–Crippen LogP) is 6.75. The molecule has 2 aromatic rings. The number of aromatic nitrogens is 2. The maximum atomic E-state index is 12.2. The second-order valence-electron chi connectivity index (χ2n) is 8.13. The molecule has 1 aromatic heterocycles.